The number of benzene rings is 1. The predicted molar refractivity (Wildman–Crippen MR) is 74.0 cm³/mol. The van der Waals surface area contributed by atoms with Gasteiger partial charge in [0.15, 0.2) is 0 Å². The lowest BCUT2D eigenvalue weighted by Crippen LogP contribution is -2.39. The molecule has 0 saturated carbocycles. The second-order valence-corrected chi connectivity index (χ2v) is 5.25. The lowest BCUT2D eigenvalue weighted by atomic mass is 9.75. The quantitative estimate of drug-likeness (QED) is 0.858. The van der Waals surface area contributed by atoms with Crippen LogP contribution >= 0.6 is 0 Å². The molecular formula is C16H20O2. The van der Waals surface area contributed by atoms with E-state index in [2.05, 4.69) is 18.2 Å². The summed E-state index contributed by atoms with van der Waals surface area (Å²) in [6.45, 7) is 3.60. The van der Waals surface area contributed by atoms with Gasteiger partial charge in [0, 0.05) is 5.41 Å². The average molecular weight is 244 g/mol. The third-order valence-corrected chi connectivity index (χ3v) is 3.65. The third kappa shape index (κ3) is 2.55. The molecule has 1 aromatic rings. The summed E-state index contributed by atoms with van der Waals surface area (Å²) in [5.41, 5.74) is 1.97. The Hall–Kier alpha value is -1.38. The molecule has 0 aliphatic heterocycles. The van der Waals surface area contributed by atoms with Crippen LogP contribution in [0.25, 0.3) is 5.57 Å². The van der Waals surface area contributed by atoms with Gasteiger partial charge in [0.25, 0.3) is 0 Å². The Bertz CT molecular complexity index is 459. The minimum Gasteiger partial charge on any atom is -0.391 e. The van der Waals surface area contributed by atoms with Crippen LogP contribution in [0.1, 0.15) is 25.8 Å². The van der Waals surface area contributed by atoms with E-state index in [9.17, 15) is 10.2 Å². The maximum absolute atomic E-state index is 10.0. The molecule has 2 rings (SSSR count). The molecule has 2 nitrogen and oxygen atoms in total. The van der Waals surface area contributed by atoms with Crippen LogP contribution in [-0.2, 0) is 0 Å². The van der Waals surface area contributed by atoms with E-state index in [1.165, 1.54) is 11.1 Å². The van der Waals surface area contributed by atoms with E-state index < -0.39 is 12.2 Å². The Kier molecular flexibility index (Phi) is 3.69. The molecule has 0 amide bonds. The molecule has 0 spiro atoms. The van der Waals surface area contributed by atoms with Crippen molar-refractivity contribution in [1.82, 2.24) is 0 Å². The van der Waals surface area contributed by atoms with Gasteiger partial charge in [0.2, 0.25) is 0 Å². The predicted octanol–water partition coefficient (Wildman–Crippen LogP) is 2.78. The first-order valence-corrected chi connectivity index (χ1v) is 6.34. The molecule has 2 N–H and O–H groups in total. The van der Waals surface area contributed by atoms with Crippen molar-refractivity contribution >= 4 is 5.57 Å². The first kappa shape index (κ1) is 13.1. The minimum absolute atomic E-state index is 0.382. The molecule has 1 aliphatic rings. The Morgan fingerprint density at radius 2 is 1.83 bits per heavy atom. The van der Waals surface area contributed by atoms with Gasteiger partial charge >= 0.3 is 0 Å². The number of rotatable bonds is 3. The smallest absolute Gasteiger partial charge is 0.0887 e. The van der Waals surface area contributed by atoms with Gasteiger partial charge in [-0.2, -0.15) is 0 Å². The van der Waals surface area contributed by atoms with Crippen LogP contribution in [0.3, 0.4) is 0 Å². The van der Waals surface area contributed by atoms with Crippen LogP contribution in [0.15, 0.2) is 48.6 Å². The van der Waals surface area contributed by atoms with Crippen molar-refractivity contribution in [1.29, 1.82) is 0 Å². The highest BCUT2D eigenvalue weighted by atomic mass is 16.3. The first-order chi connectivity index (χ1) is 8.53. The molecule has 96 valence electrons. The summed E-state index contributed by atoms with van der Waals surface area (Å²) >= 11 is 0. The van der Waals surface area contributed by atoms with E-state index in [-0.39, 0.29) is 5.41 Å². The molecule has 0 saturated heterocycles. The summed E-state index contributed by atoms with van der Waals surface area (Å²) in [6.07, 6.45) is 5.45. The molecule has 0 radical (unpaired) electrons. The van der Waals surface area contributed by atoms with E-state index in [4.69, 9.17) is 0 Å². The molecule has 0 bridgehead atoms. The SMILES string of the molecule is CC(O)C(O)C1(C)C=CC(c2ccccc2)=CC1. The van der Waals surface area contributed by atoms with Crippen LogP contribution in [0.2, 0.25) is 0 Å². The normalized spacial score (nSPS) is 26.6. The molecule has 0 aromatic heterocycles. The van der Waals surface area contributed by atoms with Gasteiger partial charge in [0.1, 0.15) is 0 Å². The fraction of sp³-hybridized carbons (Fsp3) is 0.375. The maximum Gasteiger partial charge on any atom is 0.0887 e. The van der Waals surface area contributed by atoms with Gasteiger partial charge in [-0.15, -0.1) is 0 Å². The second-order valence-electron chi connectivity index (χ2n) is 5.25. The molecule has 3 atom stereocenters. The standard InChI is InChI=1S/C16H20O2/c1-12(17)15(18)16(2)10-8-14(9-11-16)13-6-4-3-5-7-13/h3-10,12,15,17-18H,11H2,1-2H3. The molecule has 1 aromatic carbocycles. The van der Waals surface area contributed by atoms with Crippen LogP contribution in [0, 0.1) is 5.41 Å². The van der Waals surface area contributed by atoms with Crippen molar-refractivity contribution < 1.29 is 10.2 Å². The topological polar surface area (TPSA) is 40.5 Å². The summed E-state index contributed by atoms with van der Waals surface area (Å²) in [6, 6.07) is 10.2. The highest BCUT2D eigenvalue weighted by molar-refractivity contribution is 5.75. The van der Waals surface area contributed by atoms with Crippen molar-refractivity contribution in [3.63, 3.8) is 0 Å². The number of hydrogen-bond donors (Lipinski definition) is 2. The van der Waals surface area contributed by atoms with Gasteiger partial charge < -0.3 is 10.2 Å². The number of allylic oxidation sites excluding steroid dienone is 3. The zero-order valence-electron chi connectivity index (χ0n) is 10.9. The van der Waals surface area contributed by atoms with Gasteiger partial charge in [0.05, 0.1) is 12.2 Å². The summed E-state index contributed by atoms with van der Waals surface area (Å²) in [4.78, 5) is 0. The van der Waals surface area contributed by atoms with Crippen LogP contribution < -0.4 is 0 Å². The van der Waals surface area contributed by atoms with E-state index in [1.807, 2.05) is 37.3 Å². The molecule has 0 heterocycles. The van der Waals surface area contributed by atoms with Crippen molar-refractivity contribution in [3.8, 4) is 0 Å². The highest BCUT2D eigenvalue weighted by Gasteiger charge is 2.34. The zero-order valence-corrected chi connectivity index (χ0v) is 10.9. The maximum atomic E-state index is 10.0. The van der Waals surface area contributed by atoms with Crippen molar-refractivity contribution in [2.24, 2.45) is 5.41 Å². The zero-order chi connectivity index (χ0) is 13.2. The average Bonchev–Trinajstić information content (AvgIpc) is 2.39. The highest BCUT2D eigenvalue weighted by Crippen LogP contribution is 2.36. The molecule has 1 aliphatic carbocycles. The Labute approximate surface area is 108 Å². The van der Waals surface area contributed by atoms with E-state index in [0.717, 1.165) is 6.42 Å². The fourth-order valence-corrected chi connectivity index (χ4v) is 2.36. The van der Waals surface area contributed by atoms with Crippen LogP contribution in [-0.4, -0.2) is 22.4 Å². The van der Waals surface area contributed by atoms with Crippen LogP contribution in [0.5, 0.6) is 0 Å². The largest absolute Gasteiger partial charge is 0.391 e. The minimum atomic E-state index is -0.734. The second kappa shape index (κ2) is 5.09. The molecule has 0 fully saturated rings. The monoisotopic (exact) mass is 244 g/mol. The number of aliphatic hydroxyl groups is 2. The van der Waals surface area contributed by atoms with Gasteiger partial charge in [-0.25, -0.2) is 0 Å². The van der Waals surface area contributed by atoms with E-state index in [1.54, 1.807) is 6.92 Å². The number of aliphatic hydroxyl groups excluding tert-OH is 2. The Morgan fingerprint density at radius 1 is 1.17 bits per heavy atom. The summed E-state index contributed by atoms with van der Waals surface area (Å²) in [7, 11) is 0. The molecule has 18 heavy (non-hydrogen) atoms. The first-order valence-electron chi connectivity index (χ1n) is 6.34. The van der Waals surface area contributed by atoms with Gasteiger partial charge in [-0.05, 0) is 24.5 Å². The molecular weight excluding hydrogens is 224 g/mol. The van der Waals surface area contributed by atoms with Crippen molar-refractivity contribution in [2.75, 3.05) is 0 Å². The molecule has 3 unspecified atom stereocenters. The Balaban J connectivity index is 2.17. The third-order valence-electron chi connectivity index (χ3n) is 3.65. The van der Waals surface area contributed by atoms with Crippen molar-refractivity contribution in [2.45, 2.75) is 32.5 Å². The lowest BCUT2D eigenvalue weighted by Gasteiger charge is -2.34. The number of hydrogen-bond acceptors (Lipinski definition) is 2. The van der Waals surface area contributed by atoms with E-state index >= 15 is 0 Å². The van der Waals surface area contributed by atoms with Crippen molar-refractivity contribution in [3.05, 3.63) is 54.1 Å². The van der Waals surface area contributed by atoms with Crippen LogP contribution in [0.4, 0.5) is 0 Å². The summed E-state index contributed by atoms with van der Waals surface area (Å²) in [5, 5.41) is 19.6. The summed E-state index contributed by atoms with van der Waals surface area (Å²) < 4.78 is 0. The fourth-order valence-electron chi connectivity index (χ4n) is 2.36. The van der Waals surface area contributed by atoms with Gasteiger partial charge in [-0.3, -0.25) is 0 Å². The Morgan fingerprint density at radius 3 is 2.33 bits per heavy atom. The lowest BCUT2D eigenvalue weighted by molar-refractivity contribution is -0.0296. The van der Waals surface area contributed by atoms with Gasteiger partial charge in [-0.1, -0.05) is 55.5 Å². The van der Waals surface area contributed by atoms with E-state index in [0.29, 0.717) is 0 Å². The summed E-state index contributed by atoms with van der Waals surface area (Å²) in [5.74, 6) is 0. The molecule has 2 heteroatoms.